The van der Waals surface area contributed by atoms with Crippen molar-refractivity contribution >= 4 is 22.9 Å². The summed E-state index contributed by atoms with van der Waals surface area (Å²) in [5.41, 5.74) is 3.47. The highest BCUT2D eigenvalue weighted by atomic mass is 35.5. The maximum absolute atomic E-state index is 5.67. The second kappa shape index (κ2) is 5.41. The zero-order valence-electron chi connectivity index (χ0n) is 9.11. The number of rotatable bonds is 4. The minimum Gasteiger partial charge on any atom is -0.264 e. The highest BCUT2D eigenvalue weighted by Gasteiger charge is 2.06. The highest BCUT2D eigenvalue weighted by molar-refractivity contribution is 7.13. The molecule has 0 spiro atoms. The molecule has 0 fully saturated rings. The number of alkyl halides is 1. The first kappa shape index (κ1) is 11.6. The Kier molecular flexibility index (Phi) is 3.91. The van der Waals surface area contributed by atoms with Gasteiger partial charge >= 0.3 is 0 Å². The summed E-state index contributed by atoms with van der Waals surface area (Å²) < 4.78 is 0. The molecule has 0 aliphatic rings. The van der Waals surface area contributed by atoms with E-state index in [-0.39, 0.29) is 0 Å². The van der Waals surface area contributed by atoms with E-state index >= 15 is 0 Å². The zero-order valence-corrected chi connectivity index (χ0v) is 10.7. The molecule has 2 heterocycles. The zero-order chi connectivity index (χ0) is 11.4. The van der Waals surface area contributed by atoms with E-state index in [9.17, 15) is 0 Å². The lowest BCUT2D eigenvalue weighted by Gasteiger charge is -1.99. The van der Waals surface area contributed by atoms with Crippen LogP contribution in [-0.4, -0.2) is 15.8 Å². The van der Waals surface area contributed by atoms with Crippen molar-refractivity contribution < 1.29 is 0 Å². The van der Waals surface area contributed by atoms with E-state index in [2.05, 4.69) is 22.3 Å². The fourth-order valence-corrected chi connectivity index (χ4v) is 2.54. The highest BCUT2D eigenvalue weighted by Crippen LogP contribution is 2.26. The number of aromatic nitrogens is 2. The maximum atomic E-state index is 5.67. The predicted molar refractivity (Wildman–Crippen MR) is 69.1 cm³/mol. The molecule has 0 atom stereocenters. The largest absolute Gasteiger partial charge is 0.264 e. The summed E-state index contributed by atoms with van der Waals surface area (Å²) in [6.45, 7) is 2.08. The summed E-state index contributed by atoms with van der Waals surface area (Å²) in [7, 11) is 0. The molecular formula is C12H13ClN2S. The molecule has 2 aromatic heterocycles. The Balaban J connectivity index is 2.22. The quantitative estimate of drug-likeness (QED) is 0.776. The molecule has 0 aliphatic carbocycles. The summed E-state index contributed by atoms with van der Waals surface area (Å²) in [4.78, 5) is 8.74. The van der Waals surface area contributed by atoms with Crippen molar-refractivity contribution in [2.45, 2.75) is 19.8 Å². The molecule has 0 aromatic carbocycles. The van der Waals surface area contributed by atoms with Crippen LogP contribution in [-0.2, 0) is 6.42 Å². The van der Waals surface area contributed by atoms with Gasteiger partial charge in [0.25, 0.3) is 0 Å². The number of hydrogen-bond donors (Lipinski definition) is 0. The number of hydrogen-bond acceptors (Lipinski definition) is 3. The van der Waals surface area contributed by atoms with Gasteiger partial charge in [-0.1, -0.05) is 0 Å². The van der Waals surface area contributed by atoms with Crippen LogP contribution in [0.4, 0.5) is 0 Å². The van der Waals surface area contributed by atoms with Crippen LogP contribution in [0.1, 0.15) is 17.7 Å². The van der Waals surface area contributed by atoms with Crippen molar-refractivity contribution in [1.82, 2.24) is 9.97 Å². The van der Waals surface area contributed by atoms with Crippen LogP contribution in [0.3, 0.4) is 0 Å². The van der Waals surface area contributed by atoms with Gasteiger partial charge in [-0.15, -0.1) is 22.9 Å². The standard InChI is InChI=1S/C12H13ClN2S/c1-9-4-6-14-7-11(9)12-15-10(8-16-12)3-2-5-13/h4,6-8H,2-3,5H2,1H3. The second-order valence-corrected chi connectivity index (χ2v) is 4.86. The molecule has 0 aliphatic heterocycles. The number of nitrogens with zero attached hydrogens (tertiary/aromatic N) is 2. The molecule has 0 unspecified atom stereocenters. The second-order valence-electron chi connectivity index (χ2n) is 3.63. The van der Waals surface area contributed by atoms with Gasteiger partial charge in [0.15, 0.2) is 0 Å². The molecule has 84 valence electrons. The van der Waals surface area contributed by atoms with Crippen molar-refractivity contribution in [3.63, 3.8) is 0 Å². The van der Waals surface area contributed by atoms with Gasteiger partial charge in [-0.2, -0.15) is 0 Å². The number of pyridine rings is 1. The van der Waals surface area contributed by atoms with E-state index in [0.717, 1.165) is 29.1 Å². The van der Waals surface area contributed by atoms with Crippen LogP contribution in [0.2, 0.25) is 0 Å². The fourth-order valence-electron chi connectivity index (χ4n) is 1.48. The van der Waals surface area contributed by atoms with Crippen LogP contribution in [0, 0.1) is 6.92 Å². The lowest BCUT2D eigenvalue weighted by Crippen LogP contribution is -1.88. The Morgan fingerprint density at radius 2 is 2.31 bits per heavy atom. The average Bonchev–Trinajstić information content (AvgIpc) is 2.75. The number of thiazole rings is 1. The molecule has 0 saturated carbocycles. The molecule has 16 heavy (non-hydrogen) atoms. The summed E-state index contributed by atoms with van der Waals surface area (Å²) in [6, 6.07) is 2.01. The lowest BCUT2D eigenvalue weighted by atomic mass is 10.2. The smallest absolute Gasteiger partial charge is 0.125 e. The lowest BCUT2D eigenvalue weighted by molar-refractivity contribution is 0.899. The summed E-state index contributed by atoms with van der Waals surface area (Å²) >= 11 is 7.34. The predicted octanol–water partition coefficient (Wildman–Crippen LogP) is 3.68. The maximum Gasteiger partial charge on any atom is 0.125 e. The van der Waals surface area contributed by atoms with E-state index in [1.807, 2.05) is 12.3 Å². The van der Waals surface area contributed by atoms with Gasteiger partial charge in [0, 0.05) is 29.2 Å². The van der Waals surface area contributed by atoms with E-state index < -0.39 is 0 Å². The Hall–Kier alpha value is -0.930. The van der Waals surface area contributed by atoms with Crippen molar-refractivity contribution in [2.24, 2.45) is 0 Å². The Labute approximate surface area is 104 Å². The monoisotopic (exact) mass is 252 g/mol. The van der Waals surface area contributed by atoms with Crippen LogP contribution >= 0.6 is 22.9 Å². The summed E-state index contributed by atoms with van der Waals surface area (Å²) in [6.07, 6.45) is 5.62. The molecule has 4 heteroatoms. The normalized spacial score (nSPS) is 10.6. The van der Waals surface area contributed by atoms with Gasteiger partial charge in [0.05, 0.1) is 5.69 Å². The van der Waals surface area contributed by atoms with Gasteiger partial charge in [0.2, 0.25) is 0 Å². The Morgan fingerprint density at radius 1 is 1.44 bits per heavy atom. The molecule has 0 N–H and O–H groups in total. The molecule has 0 amide bonds. The molecule has 2 rings (SSSR count). The Morgan fingerprint density at radius 3 is 3.06 bits per heavy atom. The average molecular weight is 253 g/mol. The molecular weight excluding hydrogens is 240 g/mol. The fraction of sp³-hybridized carbons (Fsp3) is 0.333. The van der Waals surface area contributed by atoms with Crippen LogP contribution in [0.25, 0.3) is 10.6 Å². The van der Waals surface area contributed by atoms with Gasteiger partial charge in [-0.3, -0.25) is 4.98 Å². The van der Waals surface area contributed by atoms with Crippen molar-refractivity contribution in [2.75, 3.05) is 5.88 Å². The van der Waals surface area contributed by atoms with Gasteiger partial charge in [-0.05, 0) is 31.4 Å². The minimum atomic E-state index is 0.693. The first-order chi connectivity index (χ1) is 7.81. The summed E-state index contributed by atoms with van der Waals surface area (Å²) in [5, 5.41) is 3.16. The third-order valence-electron chi connectivity index (χ3n) is 2.39. The molecule has 0 radical (unpaired) electrons. The van der Waals surface area contributed by atoms with E-state index in [1.54, 1.807) is 17.5 Å². The topological polar surface area (TPSA) is 25.8 Å². The number of halogens is 1. The van der Waals surface area contributed by atoms with E-state index in [1.165, 1.54) is 5.56 Å². The van der Waals surface area contributed by atoms with E-state index in [0.29, 0.717) is 5.88 Å². The van der Waals surface area contributed by atoms with Crippen LogP contribution < -0.4 is 0 Å². The molecule has 0 bridgehead atoms. The summed E-state index contributed by atoms with van der Waals surface area (Å²) in [5.74, 6) is 0.693. The third-order valence-corrected chi connectivity index (χ3v) is 3.58. The van der Waals surface area contributed by atoms with Crippen molar-refractivity contribution in [3.05, 3.63) is 35.1 Å². The molecule has 2 nitrogen and oxygen atoms in total. The van der Waals surface area contributed by atoms with Crippen molar-refractivity contribution in [3.8, 4) is 10.6 Å². The SMILES string of the molecule is Cc1ccncc1-c1nc(CCCCl)cs1. The van der Waals surface area contributed by atoms with Gasteiger partial charge in [-0.25, -0.2) is 4.98 Å². The minimum absolute atomic E-state index is 0.693. The van der Waals surface area contributed by atoms with Gasteiger partial charge in [0.1, 0.15) is 5.01 Å². The van der Waals surface area contributed by atoms with Crippen LogP contribution in [0.15, 0.2) is 23.8 Å². The third kappa shape index (κ3) is 2.60. The van der Waals surface area contributed by atoms with Crippen LogP contribution in [0.5, 0.6) is 0 Å². The molecule has 0 saturated heterocycles. The Bertz CT molecular complexity index is 468. The first-order valence-electron chi connectivity index (χ1n) is 5.22. The number of aryl methyl sites for hydroxylation is 2. The first-order valence-corrected chi connectivity index (χ1v) is 6.64. The van der Waals surface area contributed by atoms with E-state index in [4.69, 9.17) is 11.6 Å². The van der Waals surface area contributed by atoms with Gasteiger partial charge < -0.3 is 0 Å². The van der Waals surface area contributed by atoms with Crippen molar-refractivity contribution in [1.29, 1.82) is 0 Å². The molecule has 2 aromatic rings.